The van der Waals surface area contributed by atoms with Gasteiger partial charge in [-0.15, -0.1) is 0 Å². The molecule has 2 heterocycles. The average molecular weight is 207 g/mol. The van der Waals surface area contributed by atoms with Crippen molar-refractivity contribution in [1.29, 1.82) is 0 Å². The van der Waals surface area contributed by atoms with Crippen LogP contribution in [0.2, 0.25) is 0 Å². The third-order valence-corrected chi connectivity index (χ3v) is 2.14. The minimum Gasteiger partial charge on any atom is -0.380 e. The van der Waals surface area contributed by atoms with Gasteiger partial charge in [0.2, 0.25) is 0 Å². The van der Waals surface area contributed by atoms with E-state index in [1.807, 2.05) is 0 Å². The molecule has 0 amide bonds. The Balaban J connectivity index is 2.36. The highest BCUT2D eigenvalue weighted by Crippen LogP contribution is 2.19. The molecule has 0 saturated heterocycles. The van der Waals surface area contributed by atoms with Gasteiger partial charge in [-0.1, -0.05) is 0 Å². The van der Waals surface area contributed by atoms with E-state index in [9.17, 15) is 9.50 Å². The van der Waals surface area contributed by atoms with Crippen molar-refractivity contribution in [2.75, 3.05) is 0 Å². The molecule has 1 N–H and O–H groups in total. The maximum Gasteiger partial charge on any atom is 0.142 e. The molecule has 78 valence electrons. The summed E-state index contributed by atoms with van der Waals surface area (Å²) in [6, 6.07) is 1.24. The van der Waals surface area contributed by atoms with Crippen LogP contribution in [-0.4, -0.2) is 19.6 Å². The van der Waals surface area contributed by atoms with E-state index in [1.165, 1.54) is 12.3 Å². The fraction of sp³-hybridized carbons (Fsp3) is 0.200. The minimum atomic E-state index is -0.951. The van der Waals surface area contributed by atoms with Gasteiger partial charge in [0.15, 0.2) is 0 Å². The lowest BCUT2D eigenvalue weighted by Crippen LogP contribution is -2.07. The molecular formula is C10H10FN3O. The summed E-state index contributed by atoms with van der Waals surface area (Å²) in [5.74, 6) is -0.0110. The van der Waals surface area contributed by atoms with Crippen LogP contribution in [0, 0.1) is 5.82 Å². The second kappa shape index (κ2) is 3.78. The van der Waals surface area contributed by atoms with Crippen LogP contribution in [0.5, 0.6) is 0 Å². The van der Waals surface area contributed by atoms with Crippen LogP contribution in [0.4, 0.5) is 4.39 Å². The molecule has 0 spiro atoms. The number of imidazole rings is 1. The summed E-state index contributed by atoms with van der Waals surface area (Å²) in [7, 11) is 1.76. The van der Waals surface area contributed by atoms with E-state index in [-0.39, 0.29) is 0 Å². The van der Waals surface area contributed by atoms with Crippen LogP contribution >= 0.6 is 0 Å². The first-order valence-electron chi connectivity index (χ1n) is 4.44. The Kier molecular flexibility index (Phi) is 2.47. The van der Waals surface area contributed by atoms with Crippen LogP contribution in [0.15, 0.2) is 30.9 Å². The largest absolute Gasteiger partial charge is 0.380 e. The van der Waals surface area contributed by atoms with Crippen LogP contribution in [0.3, 0.4) is 0 Å². The Labute approximate surface area is 86.0 Å². The highest BCUT2D eigenvalue weighted by atomic mass is 19.1. The van der Waals surface area contributed by atoms with Gasteiger partial charge in [0.1, 0.15) is 17.7 Å². The molecule has 1 atom stereocenters. The number of hydrogen-bond donors (Lipinski definition) is 1. The fourth-order valence-corrected chi connectivity index (χ4v) is 1.37. The molecule has 15 heavy (non-hydrogen) atoms. The van der Waals surface area contributed by atoms with E-state index >= 15 is 0 Å². The molecule has 2 rings (SSSR count). The van der Waals surface area contributed by atoms with Gasteiger partial charge in [0.05, 0.1) is 6.20 Å². The van der Waals surface area contributed by atoms with Gasteiger partial charge in [0.25, 0.3) is 0 Å². The molecule has 1 unspecified atom stereocenters. The molecule has 0 fully saturated rings. The van der Waals surface area contributed by atoms with Gasteiger partial charge in [-0.25, -0.2) is 9.37 Å². The van der Waals surface area contributed by atoms with E-state index in [0.29, 0.717) is 11.4 Å². The van der Waals surface area contributed by atoms with Crippen LogP contribution in [0.1, 0.15) is 17.5 Å². The number of rotatable bonds is 2. The van der Waals surface area contributed by atoms with Crippen molar-refractivity contribution in [3.8, 4) is 0 Å². The summed E-state index contributed by atoms with van der Waals surface area (Å²) >= 11 is 0. The van der Waals surface area contributed by atoms with Crippen LogP contribution in [-0.2, 0) is 7.05 Å². The highest BCUT2D eigenvalue weighted by molar-refractivity contribution is 5.20. The Hall–Kier alpha value is -1.75. The van der Waals surface area contributed by atoms with Crippen molar-refractivity contribution >= 4 is 0 Å². The Morgan fingerprint density at radius 2 is 2.27 bits per heavy atom. The summed E-state index contributed by atoms with van der Waals surface area (Å²) in [5, 5.41) is 9.90. The van der Waals surface area contributed by atoms with Crippen molar-refractivity contribution < 1.29 is 9.50 Å². The summed E-state index contributed by atoms with van der Waals surface area (Å²) in [6.45, 7) is 0. The summed E-state index contributed by atoms with van der Waals surface area (Å²) in [4.78, 5) is 7.66. The molecule has 2 aromatic heterocycles. The summed E-state index contributed by atoms with van der Waals surface area (Å²) in [6.07, 6.45) is 4.85. The molecule has 0 aliphatic rings. The van der Waals surface area contributed by atoms with E-state index < -0.39 is 11.9 Å². The van der Waals surface area contributed by atoms with Crippen LogP contribution in [0.25, 0.3) is 0 Å². The lowest BCUT2D eigenvalue weighted by Gasteiger charge is -2.10. The first-order valence-corrected chi connectivity index (χ1v) is 4.44. The molecule has 0 aliphatic heterocycles. The molecule has 5 heteroatoms. The Morgan fingerprint density at radius 3 is 2.87 bits per heavy atom. The first-order chi connectivity index (χ1) is 7.18. The maximum absolute atomic E-state index is 12.9. The number of aromatic nitrogens is 3. The Morgan fingerprint density at radius 1 is 1.47 bits per heavy atom. The Bertz CT molecular complexity index is 469. The second-order valence-corrected chi connectivity index (χ2v) is 3.24. The molecule has 0 saturated carbocycles. The van der Waals surface area contributed by atoms with Crippen LogP contribution < -0.4 is 0 Å². The van der Waals surface area contributed by atoms with E-state index in [1.54, 1.807) is 24.0 Å². The third kappa shape index (κ3) is 1.87. The fourth-order valence-electron chi connectivity index (χ4n) is 1.37. The highest BCUT2D eigenvalue weighted by Gasteiger charge is 2.15. The van der Waals surface area contributed by atoms with E-state index in [4.69, 9.17) is 0 Å². The standard InChI is InChI=1S/C10H10FN3O/c1-14-3-2-13-10(14)9(15)7-4-8(11)6-12-5-7/h2-6,9,15H,1H3. The monoisotopic (exact) mass is 207 g/mol. The molecule has 0 aliphatic carbocycles. The van der Waals surface area contributed by atoms with E-state index in [0.717, 1.165) is 6.20 Å². The van der Waals surface area contributed by atoms with Gasteiger partial charge < -0.3 is 9.67 Å². The predicted molar refractivity (Wildman–Crippen MR) is 51.5 cm³/mol. The van der Waals surface area contributed by atoms with Gasteiger partial charge in [-0.2, -0.15) is 0 Å². The van der Waals surface area contributed by atoms with Crippen molar-refractivity contribution in [1.82, 2.24) is 14.5 Å². The number of pyridine rings is 1. The van der Waals surface area contributed by atoms with Gasteiger partial charge in [0, 0.05) is 31.2 Å². The zero-order valence-electron chi connectivity index (χ0n) is 8.13. The van der Waals surface area contributed by atoms with Crippen molar-refractivity contribution in [2.45, 2.75) is 6.10 Å². The lowest BCUT2D eigenvalue weighted by molar-refractivity contribution is 0.205. The zero-order valence-corrected chi connectivity index (χ0v) is 8.13. The predicted octanol–water partition coefficient (Wildman–Crippen LogP) is 1.04. The van der Waals surface area contributed by atoms with E-state index in [2.05, 4.69) is 9.97 Å². The molecule has 0 bridgehead atoms. The lowest BCUT2D eigenvalue weighted by atomic mass is 10.1. The molecular weight excluding hydrogens is 197 g/mol. The molecule has 0 aromatic carbocycles. The summed E-state index contributed by atoms with van der Waals surface area (Å²) in [5.41, 5.74) is 0.393. The van der Waals surface area contributed by atoms with Crippen molar-refractivity contribution in [3.63, 3.8) is 0 Å². The quantitative estimate of drug-likeness (QED) is 0.800. The topological polar surface area (TPSA) is 50.9 Å². The maximum atomic E-state index is 12.9. The minimum absolute atomic E-state index is 0.393. The van der Waals surface area contributed by atoms with Gasteiger partial charge in [-0.05, 0) is 6.07 Å². The number of nitrogens with zero attached hydrogens (tertiary/aromatic N) is 3. The SMILES string of the molecule is Cn1ccnc1C(O)c1cncc(F)c1. The summed E-state index contributed by atoms with van der Waals surface area (Å²) < 4.78 is 14.5. The molecule has 2 aromatic rings. The first kappa shape index (κ1) is 9.79. The normalized spacial score (nSPS) is 12.7. The average Bonchev–Trinajstić information content (AvgIpc) is 2.63. The zero-order chi connectivity index (χ0) is 10.8. The number of aliphatic hydroxyl groups excluding tert-OH is 1. The number of aliphatic hydroxyl groups is 1. The third-order valence-electron chi connectivity index (χ3n) is 2.14. The number of hydrogen-bond acceptors (Lipinski definition) is 3. The molecule has 4 nitrogen and oxygen atoms in total. The smallest absolute Gasteiger partial charge is 0.142 e. The van der Waals surface area contributed by atoms with Gasteiger partial charge in [-0.3, -0.25) is 4.98 Å². The van der Waals surface area contributed by atoms with Gasteiger partial charge >= 0.3 is 0 Å². The van der Waals surface area contributed by atoms with Crippen molar-refractivity contribution in [3.05, 3.63) is 48.1 Å². The molecule has 0 radical (unpaired) electrons. The van der Waals surface area contributed by atoms with Crippen molar-refractivity contribution in [2.24, 2.45) is 7.05 Å². The number of aryl methyl sites for hydroxylation is 1. The second-order valence-electron chi connectivity index (χ2n) is 3.24. The number of halogens is 1.